The van der Waals surface area contributed by atoms with Gasteiger partial charge < -0.3 is 19.7 Å². The largest absolute Gasteiger partial charge is 0.496 e. The molecule has 5 heteroatoms. The number of carbonyl (C=O) groups excluding carboxylic acids is 1. The molecule has 2 aromatic carbocycles. The highest BCUT2D eigenvalue weighted by molar-refractivity contribution is 5.78. The summed E-state index contributed by atoms with van der Waals surface area (Å²) in [5.74, 6) is 1.78. The Kier molecular flexibility index (Phi) is 7.31. The van der Waals surface area contributed by atoms with E-state index >= 15 is 0 Å². The Labute approximate surface area is 167 Å². The number of amides is 1. The first-order valence-corrected chi connectivity index (χ1v) is 10.00. The Morgan fingerprint density at radius 1 is 1.07 bits per heavy atom. The SMILES string of the molecule is COc1ccc(C)cc1CCNCc1ccccc1OCC(=O)N1CCCC1. The second-order valence-corrected chi connectivity index (χ2v) is 7.23. The molecule has 0 aliphatic carbocycles. The quantitative estimate of drug-likeness (QED) is 0.676. The van der Waals surface area contributed by atoms with E-state index in [2.05, 4.69) is 24.4 Å². The van der Waals surface area contributed by atoms with Crippen LogP contribution in [0, 0.1) is 6.92 Å². The van der Waals surface area contributed by atoms with Crippen molar-refractivity contribution in [1.82, 2.24) is 10.2 Å². The van der Waals surface area contributed by atoms with Crippen LogP contribution in [0.25, 0.3) is 0 Å². The average Bonchev–Trinajstić information content (AvgIpc) is 3.25. The van der Waals surface area contributed by atoms with Crippen LogP contribution in [-0.4, -0.2) is 44.2 Å². The van der Waals surface area contributed by atoms with E-state index in [1.165, 1.54) is 11.1 Å². The first-order chi connectivity index (χ1) is 13.7. The number of nitrogens with one attached hydrogen (secondary N) is 1. The maximum Gasteiger partial charge on any atom is 0.260 e. The first kappa shape index (κ1) is 20.2. The Morgan fingerprint density at radius 3 is 2.64 bits per heavy atom. The van der Waals surface area contributed by atoms with Gasteiger partial charge in [-0.05, 0) is 50.4 Å². The number of ether oxygens (including phenoxy) is 2. The lowest BCUT2D eigenvalue weighted by Gasteiger charge is -2.17. The number of benzene rings is 2. The monoisotopic (exact) mass is 382 g/mol. The number of para-hydroxylation sites is 1. The number of likely N-dealkylation sites (tertiary alicyclic amines) is 1. The van der Waals surface area contributed by atoms with E-state index in [-0.39, 0.29) is 12.5 Å². The van der Waals surface area contributed by atoms with Gasteiger partial charge in [-0.25, -0.2) is 0 Å². The van der Waals surface area contributed by atoms with E-state index in [4.69, 9.17) is 9.47 Å². The van der Waals surface area contributed by atoms with E-state index < -0.39 is 0 Å². The molecule has 5 nitrogen and oxygen atoms in total. The Bertz CT molecular complexity index is 785. The molecule has 150 valence electrons. The van der Waals surface area contributed by atoms with E-state index in [9.17, 15) is 4.79 Å². The van der Waals surface area contributed by atoms with E-state index in [1.807, 2.05) is 35.2 Å². The minimum absolute atomic E-state index is 0.0757. The van der Waals surface area contributed by atoms with E-state index in [1.54, 1.807) is 7.11 Å². The molecule has 1 heterocycles. The molecule has 28 heavy (non-hydrogen) atoms. The fraction of sp³-hybridized carbons (Fsp3) is 0.435. The summed E-state index contributed by atoms with van der Waals surface area (Å²) in [6.07, 6.45) is 3.08. The van der Waals surface area contributed by atoms with Gasteiger partial charge >= 0.3 is 0 Å². The van der Waals surface area contributed by atoms with Crippen LogP contribution in [-0.2, 0) is 17.8 Å². The summed E-state index contributed by atoms with van der Waals surface area (Å²) in [5, 5.41) is 3.47. The lowest BCUT2D eigenvalue weighted by Crippen LogP contribution is -2.32. The van der Waals surface area contributed by atoms with Crippen LogP contribution < -0.4 is 14.8 Å². The van der Waals surface area contributed by atoms with Crippen molar-refractivity contribution in [1.29, 1.82) is 0 Å². The maximum atomic E-state index is 12.2. The molecule has 1 fully saturated rings. The summed E-state index contributed by atoms with van der Waals surface area (Å²) in [7, 11) is 1.71. The summed E-state index contributed by atoms with van der Waals surface area (Å²) in [4.78, 5) is 14.1. The molecule has 0 spiro atoms. The third-order valence-corrected chi connectivity index (χ3v) is 5.10. The summed E-state index contributed by atoms with van der Waals surface area (Å²) in [5.41, 5.74) is 3.50. The van der Waals surface area contributed by atoms with Crippen molar-refractivity contribution in [2.75, 3.05) is 33.4 Å². The second-order valence-electron chi connectivity index (χ2n) is 7.23. The minimum Gasteiger partial charge on any atom is -0.496 e. The van der Waals surface area contributed by atoms with Gasteiger partial charge in [-0.1, -0.05) is 35.9 Å². The lowest BCUT2D eigenvalue weighted by molar-refractivity contribution is -0.132. The molecule has 1 amide bonds. The highest BCUT2D eigenvalue weighted by atomic mass is 16.5. The van der Waals surface area contributed by atoms with Crippen LogP contribution in [0.3, 0.4) is 0 Å². The van der Waals surface area contributed by atoms with Gasteiger partial charge in [-0.15, -0.1) is 0 Å². The van der Waals surface area contributed by atoms with Gasteiger partial charge in [0, 0.05) is 25.2 Å². The maximum absolute atomic E-state index is 12.2. The smallest absolute Gasteiger partial charge is 0.260 e. The summed E-state index contributed by atoms with van der Waals surface area (Å²) in [6, 6.07) is 14.2. The predicted octanol–water partition coefficient (Wildman–Crippen LogP) is 3.34. The molecule has 1 N–H and O–H groups in total. The van der Waals surface area contributed by atoms with Crippen molar-refractivity contribution in [3.05, 3.63) is 59.2 Å². The molecule has 1 aliphatic rings. The van der Waals surface area contributed by atoms with E-state index in [0.717, 1.165) is 56.0 Å². The molecule has 0 saturated carbocycles. The number of methoxy groups -OCH3 is 1. The minimum atomic E-state index is 0.0757. The number of hydrogen-bond acceptors (Lipinski definition) is 4. The zero-order valence-electron chi connectivity index (χ0n) is 16.9. The number of hydrogen-bond donors (Lipinski definition) is 1. The van der Waals surface area contributed by atoms with Gasteiger partial charge in [0.05, 0.1) is 7.11 Å². The van der Waals surface area contributed by atoms with Crippen molar-refractivity contribution in [2.45, 2.75) is 32.7 Å². The Hall–Kier alpha value is -2.53. The fourth-order valence-electron chi connectivity index (χ4n) is 3.54. The molecule has 0 unspecified atom stereocenters. The van der Waals surface area contributed by atoms with Crippen LogP contribution in [0.2, 0.25) is 0 Å². The number of rotatable bonds is 9. The zero-order valence-corrected chi connectivity index (χ0v) is 16.9. The van der Waals surface area contributed by atoms with Gasteiger partial charge in [-0.2, -0.15) is 0 Å². The van der Waals surface area contributed by atoms with Crippen LogP contribution in [0.5, 0.6) is 11.5 Å². The van der Waals surface area contributed by atoms with Gasteiger partial charge in [0.1, 0.15) is 11.5 Å². The Balaban J connectivity index is 1.49. The molecule has 1 saturated heterocycles. The highest BCUT2D eigenvalue weighted by Gasteiger charge is 2.18. The third kappa shape index (κ3) is 5.49. The number of nitrogens with zero attached hydrogens (tertiary/aromatic N) is 1. The van der Waals surface area contributed by atoms with Gasteiger partial charge in [0.15, 0.2) is 6.61 Å². The van der Waals surface area contributed by atoms with Crippen molar-refractivity contribution < 1.29 is 14.3 Å². The van der Waals surface area contributed by atoms with Crippen LogP contribution in [0.1, 0.15) is 29.5 Å². The third-order valence-electron chi connectivity index (χ3n) is 5.10. The van der Waals surface area contributed by atoms with Crippen LogP contribution in [0.15, 0.2) is 42.5 Å². The standard InChI is InChI=1S/C23H30N2O3/c1-18-9-10-21(27-2)19(15-18)11-12-24-16-20-7-3-4-8-22(20)28-17-23(26)25-13-5-6-14-25/h3-4,7-10,15,24H,5-6,11-14,16-17H2,1-2H3. The number of aryl methyl sites for hydroxylation is 1. The predicted molar refractivity (Wildman–Crippen MR) is 111 cm³/mol. The first-order valence-electron chi connectivity index (χ1n) is 10.00. The average molecular weight is 383 g/mol. The normalized spacial score (nSPS) is 13.6. The molecule has 0 bridgehead atoms. The summed E-state index contributed by atoms with van der Waals surface area (Å²) in [6.45, 7) is 5.44. The van der Waals surface area contributed by atoms with E-state index in [0.29, 0.717) is 6.54 Å². The molecule has 0 radical (unpaired) electrons. The lowest BCUT2D eigenvalue weighted by atomic mass is 10.1. The van der Waals surface area contributed by atoms with Crippen molar-refractivity contribution in [2.24, 2.45) is 0 Å². The van der Waals surface area contributed by atoms with Crippen molar-refractivity contribution in [3.8, 4) is 11.5 Å². The molecule has 0 aromatic heterocycles. The zero-order chi connectivity index (χ0) is 19.8. The summed E-state index contributed by atoms with van der Waals surface area (Å²) >= 11 is 0. The van der Waals surface area contributed by atoms with Crippen LogP contribution in [0.4, 0.5) is 0 Å². The second kappa shape index (κ2) is 10.1. The molecular formula is C23H30N2O3. The van der Waals surface area contributed by atoms with Gasteiger partial charge in [-0.3, -0.25) is 4.79 Å². The van der Waals surface area contributed by atoms with Gasteiger partial charge in [0.25, 0.3) is 5.91 Å². The molecular weight excluding hydrogens is 352 g/mol. The fourth-order valence-corrected chi connectivity index (χ4v) is 3.54. The molecule has 2 aromatic rings. The molecule has 0 atom stereocenters. The molecule has 1 aliphatic heterocycles. The summed E-state index contributed by atoms with van der Waals surface area (Å²) < 4.78 is 11.3. The van der Waals surface area contributed by atoms with Crippen molar-refractivity contribution in [3.63, 3.8) is 0 Å². The highest BCUT2D eigenvalue weighted by Crippen LogP contribution is 2.21. The molecule has 3 rings (SSSR count). The van der Waals surface area contributed by atoms with Crippen LogP contribution >= 0.6 is 0 Å². The van der Waals surface area contributed by atoms with Crippen molar-refractivity contribution >= 4 is 5.91 Å². The number of carbonyl (C=O) groups is 1. The van der Waals surface area contributed by atoms with Gasteiger partial charge in [0.2, 0.25) is 0 Å². The topological polar surface area (TPSA) is 50.8 Å². The Morgan fingerprint density at radius 2 is 1.86 bits per heavy atom.